The molecule has 23 heavy (non-hydrogen) atoms. The summed E-state index contributed by atoms with van der Waals surface area (Å²) in [7, 11) is 0. The van der Waals surface area contributed by atoms with Crippen molar-refractivity contribution in [1.82, 2.24) is 0 Å². The van der Waals surface area contributed by atoms with E-state index in [1.54, 1.807) is 11.8 Å². The van der Waals surface area contributed by atoms with Crippen LogP contribution in [-0.2, 0) is 0 Å². The van der Waals surface area contributed by atoms with E-state index in [4.69, 9.17) is 11.6 Å². The Morgan fingerprint density at radius 3 is 1.78 bits per heavy atom. The molecular weight excluding hydrogens is 388 g/mol. The molecule has 114 valence electrons. The van der Waals surface area contributed by atoms with Gasteiger partial charge in [0.05, 0.1) is 0 Å². The van der Waals surface area contributed by atoms with Crippen molar-refractivity contribution in [2.75, 3.05) is 0 Å². The highest BCUT2D eigenvalue weighted by Crippen LogP contribution is 2.42. The van der Waals surface area contributed by atoms with E-state index in [1.165, 1.54) is 10.5 Å². The van der Waals surface area contributed by atoms with Crippen molar-refractivity contribution < 1.29 is 0 Å². The van der Waals surface area contributed by atoms with E-state index < -0.39 is 0 Å². The Labute approximate surface area is 154 Å². The molecule has 0 atom stereocenters. The molecule has 0 N–H and O–H groups in total. The van der Waals surface area contributed by atoms with E-state index in [9.17, 15) is 0 Å². The van der Waals surface area contributed by atoms with Gasteiger partial charge in [0.2, 0.25) is 0 Å². The van der Waals surface area contributed by atoms with Crippen LogP contribution in [0.5, 0.6) is 0 Å². The molecule has 3 aromatic carbocycles. The van der Waals surface area contributed by atoms with Crippen LogP contribution >= 0.6 is 39.3 Å². The van der Waals surface area contributed by atoms with Crippen LogP contribution in [-0.4, -0.2) is 0 Å². The summed E-state index contributed by atoms with van der Waals surface area (Å²) >= 11 is 11.5. The van der Waals surface area contributed by atoms with Gasteiger partial charge >= 0.3 is 0 Å². The van der Waals surface area contributed by atoms with Crippen LogP contribution in [0.2, 0.25) is 5.02 Å². The largest absolute Gasteiger partial charge is 0.0883 e. The Hall–Kier alpha value is -1.48. The van der Waals surface area contributed by atoms with Crippen LogP contribution in [0.3, 0.4) is 0 Å². The molecule has 0 aliphatic carbocycles. The minimum absolute atomic E-state index is 0.752. The first-order valence-corrected chi connectivity index (χ1v) is 9.17. The van der Waals surface area contributed by atoms with Crippen molar-refractivity contribution in [2.24, 2.45) is 0 Å². The molecule has 0 bridgehead atoms. The molecule has 0 saturated heterocycles. The molecular formula is C20H14BrClS. The second kappa shape index (κ2) is 7.87. The predicted octanol–water partition coefficient (Wildman–Crippen LogP) is 7.35. The van der Waals surface area contributed by atoms with Gasteiger partial charge in [-0.05, 0) is 51.3 Å². The summed E-state index contributed by atoms with van der Waals surface area (Å²) < 4.78 is 1.09. The third kappa shape index (κ3) is 4.29. The lowest BCUT2D eigenvalue weighted by Gasteiger charge is -2.12. The summed E-state index contributed by atoms with van der Waals surface area (Å²) in [6.07, 6.45) is 0. The highest BCUT2D eigenvalue weighted by Gasteiger charge is 2.11. The first-order valence-electron chi connectivity index (χ1n) is 7.18. The molecule has 0 heterocycles. The summed E-state index contributed by atoms with van der Waals surface area (Å²) in [5, 5.41) is 0.752. The SMILES string of the molecule is Clc1ccc(S/C(=C(\Br)c2ccccc2)c2ccccc2)cc1. The third-order valence-corrected chi connectivity index (χ3v) is 5.82. The summed E-state index contributed by atoms with van der Waals surface area (Å²) in [4.78, 5) is 2.33. The molecule has 3 heteroatoms. The average Bonchev–Trinajstić information content (AvgIpc) is 2.62. The number of thioether (sulfide) groups is 1. The fourth-order valence-electron chi connectivity index (χ4n) is 2.16. The minimum Gasteiger partial charge on any atom is -0.0883 e. The molecule has 0 saturated carbocycles. The first-order chi connectivity index (χ1) is 11.2. The van der Waals surface area contributed by atoms with Gasteiger partial charge in [-0.2, -0.15) is 0 Å². The monoisotopic (exact) mass is 400 g/mol. The summed E-state index contributed by atoms with van der Waals surface area (Å²) in [6.45, 7) is 0. The number of hydrogen-bond donors (Lipinski definition) is 0. The predicted molar refractivity (Wildman–Crippen MR) is 106 cm³/mol. The molecule has 3 aromatic rings. The van der Waals surface area contributed by atoms with Gasteiger partial charge in [0.15, 0.2) is 0 Å². The van der Waals surface area contributed by atoms with Crippen molar-refractivity contribution in [3.05, 3.63) is 101 Å². The van der Waals surface area contributed by atoms with Crippen molar-refractivity contribution in [1.29, 1.82) is 0 Å². The zero-order valence-electron chi connectivity index (χ0n) is 12.2. The van der Waals surface area contributed by atoms with Gasteiger partial charge < -0.3 is 0 Å². The van der Waals surface area contributed by atoms with E-state index in [2.05, 4.69) is 52.3 Å². The zero-order valence-corrected chi connectivity index (χ0v) is 15.4. The Balaban J connectivity index is 2.05. The number of benzene rings is 3. The van der Waals surface area contributed by atoms with Gasteiger partial charge in [-0.15, -0.1) is 0 Å². The molecule has 0 fully saturated rings. The normalized spacial score (nSPS) is 11.9. The van der Waals surface area contributed by atoms with E-state index >= 15 is 0 Å². The van der Waals surface area contributed by atoms with Crippen LogP contribution < -0.4 is 0 Å². The minimum atomic E-state index is 0.752. The van der Waals surface area contributed by atoms with Crippen LogP contribution in [0, 0.1) is 0 Å². The zero-order chi connectivity index (χ0) is 16.1. The fourth-order valence-corrected chi connectivity index (χ4v) is 3.99. The first kappa shape index (κ1) is 16.4. The number of rotatable bonds is 4. The maximum atomic E-state index is 5.99. The molecule has 0 nitrogen and oxygen atoms in total. The quantitative estimate of drug-likeness (QED) is 0.325. The van der Waals surface area contributed by atoms with Gasteiger partial charge in [-0.3, -0.25) is 0 Å². The third-order valence-electron chi connectivity index (χ3n) is 3.30. The topological polar surface area (TPSA) is 0 Å². The highest BCUT2D eigenvalue weighted by atomic mass is 79.9. The van der Waals surface area contributed by atoms with Crippen molar-refractivity contribution in [3.8, 4) is 0 Å². The van der Waals surface area contributed by atoms with E-state index in [1.807, 2.05) is 48.5 Å². The van der Waals surface area contributed by atoms with Crippen LogP contribution in [0.1, 0.15) is 11.1 Å². The summed E-state index contributed by atoms with van der Waals surface area (Å²) in [5.41, 5.74) is 2.34. The number of halogens is 2. The molecule has 0 radical (unpaired) electrons. The second-order valence-corrected chi connectivity index (χ2v) is 7.24. The Bertz CT molecular complexity index is 796. The smallest absolute Gasteiger partial charge is 0.0406 e. The molecule has 3 rings (SSSR count). The average molecular weight is 402 g/mol. The van der Waals surface area contributed by atoms with E-state index in [0.717, 1.165) is 20.0 Å². The van der Waals surface area contributed by atoms with Crippen molar-refractivity contribution >= 4 is 48.7 Å². The molecule has 0 aliphatic rings. The maximum Gasteiger partial charge on any atom is 0.0406 e. The van der Waals surface area contributed by atoms with E-state index in [-0.39, 0.29) is 0 Å². The lowest BCUT2D eigenvalue weighted by molar-refractivity contribution is 1.47. The Morgan fingerprint density at radius 1 is 0.696 bits per heavy atom. The van der Waals surface area contributed by atoms with Crippen LogP contribution in [0.25, 0.3) is 9.39 Å². The second-order valence-electron chi connectivity index (χ2n) is 4.93. The van der Waals surface area contributed by atoms with Crippen LogP contribution in [0.4, 0.5) is 0 Å². The molecule has 0 amide bonds. The van der Waals surface area contributed by atoms with Crippen molar-refractivity contribution in [3.63, 3.8) is 0 Å². The van der Waals surface area contributed by atoms with Gasteiger partial charge in [-0.1, -0.05) is 84.0 Å². The maximum absolute atomic E-state index is 5.99. The molecule has 0 aliphatic heterocycles. The Morgan fingerprint density at radius 2 is 1.22 bits per heavy atom. The standard InChI is InChI=1S/C20H14BrClS/c21-19(15-7-3-1-4-8-15)20(16-9-5-2-6-10-16)23-18-13-11-17(22)12-14-18/h1-14H/b20-19-. The summed E-state index contributed by atoms with van der Waals surface area (Å²) in [6, 6.07) is 28.7. The molecule has 0 aromatic heterocycles. The highest BCUT2D eigenvalue weighted by molar-refractivity contribution is 9.15. The Kier molecular flexibility index (Phi) is 5.60. The van der Waals surface area contributed by atoms with Gasteiger partial charge in [0, 0.05) is 19.3 Å². The lowest BCUT2D eigenvalue weighted by Crippen LogP contribution is -1.85. The van der Waals surface area contributed by atoms with E-state index in [0.29, 0.717) is 0 Å². The summed E-state index contributed by atoms with van der Waals surface area (Å²) in [5.74, 6) is 0. The van der Waals surface area contributed by atoms with Crippen molar-refractivity contribution in [2.45, 2.75) is 4.90 Å². The van der Waals surface area contributed by atoms with Crippen LogP contribution in [0.15, 0.2) is 89.8 Å². The molecule has 0 unspecified atom stereocenters. The van der Waals surface area contributed by atoms with Gasteiger partial charge in [0.1, 0.15) is 0 Å². The number of hydrogen-bond acceptors (Lipinski definition) is 1. The fraction of sp³-hybridized carbons (Fsp3) is 0. The van der Waals surface area contributed by atoms with Gasteiger partial charge in [0.25, 0.3) is 0 Å². The molecule has 0 spiro atoms. The lowest BCUT2D eigenvalue weighted by atomic mass is 10.1. The van der Waals surface area contributed by atoms with Gasteiger partial charge in [-0.25, -0.2) is 0 Å².